The summed E-state index contributed by atoms with van der Waals surface area (Å²) in [5.41, 5.74) is 2.82. The minimum absolute atomic E-state index is 0.272. The molecule has 0 atom stereocenters. The maximum Gasteiger partial charge on any atom is 0.223 e. The second-order valence-corrected chi connectivity index (χ2v) is 9.39. The molecule has 0 saturated heterocycles. The molecule has 4 heteroatoms. The number of nitrogens with zero attached hydrogens (tertiary/aromatic N) is 2. The number of halogens is 1. The molecule has 2 aromatic heterocycles. The molecular weight excluding hydrogens is 432 g/mol. The number of rotatable bonds is 1. The van der Waals surface area contributed by atoms with Crippen molar-refractivity contribution in [1.82, 2.24) is 9.97 Å². The first-order valence-electron chi connectivity index (χ1n) is 10.5. The Morgan fingerprint density at radius 2 is 1.38 bits per heavy atom. The van der Waals surface area contributed by atoms with Crippen LogP contribution in [-0.4, -0.2) is 9.97 Å². The second-order valence-electron chi connectivity index (χ2n) is 8.00. The molecule has 0 unspecified atom stereocenters. The molecule has 0 radical (unpaired) electrons. The zero-order valence-electron chi connectivity index (χ0n) is 16.8. The van der Waals surface area contributed by atoms with Crippen molar-refractivity contribution < 1.29 is 0 Å². The number of aromatic nitrogens is 2. The quantitative estimate of drug-likeness (QED) is 0.236. The Kier molecular flexibility index (Phi) is 3.80. The van der Waals surface area contributed by atoms with Gasteiger partial charge < -0.3 is 0 Å². The Morgan fingerprint density at radius 3 is 2.28 bits per heavy atom. The number of benzene rings is 5. The third kappa shape index (κ3) is 2.59. The predicted octanol–water partition coefficient (Wildman–Crippen LogP) is 8.62. The fraction of sp³-hybridized carbons (Fsp3) is 0. The van der Waals surface area contributed by atoms with Gasteiger partial charge in [-0.25, -0.2) is 9.97 Å². The van der Waals surface area contributed by atoms with Crippen molar-refractivity contribution in [3.05, 3.63) is 96.3 Å². The highest BCUT2D eigenvalue weighted by Gasteiger charge is 2.16. The molecule has 7 rings (SSSR count). The van der Waals surface area contributed by atoms with Crippen molar-refractivity contribution in [3.63, 3.8) is 0 Å². The maximum atomic E-state index is 6.49. The maximum absolute atomic E-state index is 6.49. The zero-order chi connectivity index (χ0) is 21.2. The van der Waals surface area contributed by atoms with Crippen LogP contribution < -0.4 is 0 Å². The van der Waals surface area contributed by atoms with Crippen molar-refractivity contribution in [2.24, 2.45) is 0 Å². The van der Waals surface area contributed by atoms with E-state index in [1.807, 2.05) is 11.3 Å². The molecule has 150 valence electrons. The van der Waals surface area contributed by atoms with Crippen LogP contribution in [0, 0.1) is 0 Å². The highest BCUT2D eigenvalue weighted by Crippen LogP contribution is 2.42. The average Bonchev–Trinajstić information content (AvgIpc) is 3.23. The molecule has 0 bridgehead atoms. The van der Waals surface area contributed by atoms with Crippen LogP contribution in [0.2, 0.25) is 5.28 Å². The second kappa shape index (κ2) is 6.73. The van der Waals surface area contributed by atoms with Crippen molar-refractivity contribution in [2.75, 3.05) is 0 Å². The van der Waals surface area contributed by atoms with Crippen molar-refractivity contribution in [2.45, 2.75) is 0 Å². The van der Waals surface area contributed by atoms with Gasteiger partial charge in [-0.2, -0.15) is 0 Å². The summed E-state index contributed by atoms with van der Waals surface area (Å²) in [5, 5.41) is 8.57. The number of thiophene rings is 1. The van der Waals surface area contributed by atoms with Gasteiger partial charge in [-0.3, -0.25) is 0 Å². The summed E-state index contributed by atoms with van der Waals surface area (Å²) in [4.78, 5) is 9.37. The molecule has 0 fully saturated rings. The van der Waals surface area contributed by atoms with Crippen LogP contribution in [0.1, 0.15) is 0 Å². The summed E-state index contributed by atoms with van der Waals surface area (Å²) in [6.45, 7) is 0. The number of fused-ring (bicyclic) bond motifs is 8. The van der Waals surface area contributed by atoms with Gasteiger partial charge in [-0.05, 0) is 51.3 Å². The summed E-state index contributed by atoms with van der Waals surface area (Å²) in [5.74, 6) is 0. The van der Waals surface area contributed by atoms with E-state index in [2.05, 4.69) is 96.0 Å². The van der Waals surface area contributed by atoms with Crippen LogP contribution in [0.5, 0.6) is 0 Å². The lowest BCUT2D eigenvalue weighted by atomic mass is 10.00. The molecule has 2 heterocycles. The molecule has 0 aliphatic rings. The molecule has 0 spiro atoms. The largest absolute Gasteiger partial charge is 0.223 e. The van der Waals surface area contributed by atoms with Gasteiger partial charge in [0.15, 0.2) is 0 Å². The molecule has 2 nitrogen and oxygen atoms in total. The smallest absolute Gasteiger partial charge is 0.217 e. The monoisotopic (exact) mass is 446 g/mol. The standard InChI is InChI=1S/C28H15ClN2S/c29-28-30-25(19-10-9-16-5-1-2-7-18(16)15-19)22-13-14-23-24(26(22)31-28)21-12-11-17-6-3-4-8-20(17)27(21)32-23/h1-15H. The third-order valence-electron chi connectivity index (χ3n) is 6.19. The zero-order valence-corrected chi connectivity index (χ0v) is 18.4. The molecule has 0 amide bonds. The number of hydrogen-bond acceptors (Lipinski definition) is 3. The average molecular weight is 447 g/mol. The van der Waals surface area contributed by atoms with Gasteiger partial charge in [-0.1, -0.05) is 72.8 Å². The SMILES string of the molecule is Clc1nc(-c2ccc3ccccc3c2)c2ccc3sc4c5ccccc5ccc4c3c2n1. The van der Waals surface area contributed by atoms with Crippen molar-refractivity contribution >= 4 is 75.6 Å². The summed E-state index contributed by atoms with van der Waals surface area (Å²) in [6.07, 6.45) is 0. The van der Waals surface area contributed by atoms with E-state index in [4.69, 9.17) is 16.6 Å². The van der Waals surface area contributed by atoms with Gasteiger partial charge in [-0.15, -0.1) is 11.3 Å². The molecule has 0 N–H and O–H groups in total. The fourth-order valence-corrected chi connectivity index (χ4v) is 6.12. The summed E-state index contributed by atoms with van der Waals surface area (Å²) in [7, 11) is 0. The molecule has 5 aromatic carbocycles. The minimum Gasteiger partial charge on any atom is -0.217 e. The molecular formula is C28H15ClN2S. The predicted molar refractivity (Wildman–Crippen MR) is 138 cm³/mol. The van der Waals surface area contributed by atoms with Crippen molar-refractivity contribution in [3.8, 4) is 11.3 Å². The lowest BCUT2D eigenvalue weighted by Gasteiger charge is -2.09. The highest BCUT2D eigenvalue weighted by molar-refractivity contribution is 7.26. The van der Waals surface area contributed by atoms with Crippen LogP contribution in [0.15, 0.2) is 91.0 Å². The minimum atomic E-state index is 0.272. The van der Waals surface area contributed by atoms with Crippen LogP contribution >= 0.6 is 22.9 Å². The Hall–Kier alpha value is -3.53. The lowest BCUT2D eigenvalue weighted by molar-refractivity contribution is 1.23. The van der Waals surface area contributed by atoms with Crippen LogP contribution in [0.4, 0.5) is 0 Å². The van der Waals surface area contributed by atoms with E-state index in [0.717, 1.165) is 27.5 Å². The summed E-state index contributed by atoms with van der Waals surface area (Å²) < 4.78 is 2.50. The van der Waals surface area contributed by atoms with E-state index in [-0.39, 0.29) is 5.28 Å². The Morgan fingerprint density at radius 1 is 0.625 bits per heavy atom. The van der Waals surface area contributed by atoms with E-state index in [0.29, 0.717) is 0 Å². The van der Waals surface area contributed by atoms with Gasteiger partial charge in [0.1, 0.15) is 0 Å². The van der Waals surface area contributed by atoms with Gasteiger partial charge in [0.2, 0.25) is 5.28 Å². The topological polar surface area (TPSA) is 25.8 Å². The van der Waals surface area contributed by atoms with E-state index in [1.165, 1.54) is 36.3 Å². The van der Waals surface area contributed by atoms with E-state index >= 15 is 0 Å². The Bertz CT molecular complexity index is 1850. The summed E-state index contributed by atoms with van der Waals surface area (Å²) in [6, 6.07) is 32.1. The van der Waals surface area contributed by atoms with E-state index < -0.39 is 0 Å². The van der Waals surface area contributed by atoms with Gasteiger partial charge >= 0.3 is 0 Å². The molecule has 7 aromatic rings. The van der Waals surface area contributed by atoms with Crippen molar-refractivity contribution in [1.29, 1.82) is 0 Å². The van der Waals surface area contributed by atoms with Gasteiger partial charge in [0.25, 0.3) is 0 Å². The fourth-order valence-electron chi connectivity index (χ4n) is 4.71. The van der Waals surface area contributed by atoms with E-state index in [1.54, 1.807) is 0 Å². The van der Waals surface area contributed by atoms with Crippen LogP contribution in [0.3, 0.4) is 0 Å². The third-order valence-corrected chi connectivity index (χ3v) is 7.56. The van der Waals surface area contributed by atoms with Crippen LogP contribution in [-0.2, 0) is 0 Å². The first-order chi connectivity index (χ1) is 15.8. The summed E-state index contributed by atoms with van der Waals surface area (Å²) >= 11 is 8.30. The first kappa shape index (κ1) is 18.1. The Balaban J connectivity index is 1.60. The van der Waals surface area contributed by atoms with Gasteiger partial charge in [0.05, 0.1) is 11.2 Å². The lowest BCUT2D eigenvalue weighted by Crippen LogP contribution is -1.92. The highest BCUT2D eigenvalue weighted by atomic mass is 35.5. The molecule has 0 aliphatic heterocycles. The normalized spacial score (nSPS) is 11.9. The molecule has 0 saturated carbocycles. The molecule has 0 aliphatic carbocycles. The van der Waals surface area contributed by atoms with E-state index in [9.17, 15) is 0 Å². The van der Waals surface area contributed by atoms with Crippen LogP contribution in [0.25, 0.3) is 63.9 Å². The number of hydrogen-bond donors (Lipinski definition) is 0. The van der Waals surface area contributed by atoms with Gasteiger partial charge in [0, 0.05) is 31.1 Å². The first-order valence-corrected chi connectivity index (χ1v) is 11.7. The molecule has 32 heavy (non-hydrogen) atoms. The Labute approximate surface area is 192 Å².